The van der Waals surface area contributed by atoms with Gasteiger partial charge in [0.05, 0.1) is 17.8 Å². The maximum Gasteiger partial charge on any atom is 0.243 e. The van der Waals surface area contributed by atoms with Crippen LogP contribution in [0.5, 0.6) is 0 Å². The van der Waals surface area contributed by atoms with Crippen LogP contribution >= 0.6 is 0 Å². The number of anilines is 1. The first-order valence-electron chi connectivity index (χ1n) is 5.75. The average Bonchev–Trinajstić information content (AvgIpc) is 2.27. The van der Waals surface area contributed by atoms with Crippen LogP contribution in [0.15, 0.2) is 23.1 Å². The third-order valence-corrected chi connectivity index (χ3v) is 4.68. The van der Waals surface area contributed by atoms with Gasteiger partial charge in [-0.1, -0.05) is 13.0 Å². The molecule has 6 heteroatoms. The second-order valence-electron chi connectivity index (χ2n) is 4.72. The Bertz CT molecular complexity index is 522. The van der Waals surface area contributed by atoms with Crippen molar-refractivity contribution in [3.05, 3.63) is 23.8 Å². The molecule has 1 unspecified atom stereocenters. The number of benzene rings is 1. The normalized spacial score (nSPS) is 15.3. The smallest absolute Gasteiger partial charge is 0.243 e. The highest BCUT2D eigenvalue weighted by Gasteiger charge is 2.29. The fraction of sp³-hybridized carbons (Fsp3) is 0.500. The summed E-state index contributed by atoms with van der Waals surface area (Å²) in [6, 6.07) is 4.77. The van der Waals surface area contributed by atoms with Crippen LogP contribution in [0.4, 0.5) is 5.69 Å². The van der Waals surface area contributed by atoms with Gasteiger partial charge >= 0.3 is 0 Å². The van der Waals surface area contributed by atoms with E-state index in [0.717, 1.165) is 5.56 Å². The molecule has 1 aromatic rings. The minimum Gasteiger partial charge on any atom is -0.398 e. The molecule has 18 heavy (non-hydrogen) atoms. The van der Waals surface area contributed by atoms with Crippen LogP contribution in [-0.4, -0.2) is 25.7 Å². The lowest BCUT2D eigenvalue weighted by Crippen LogP contribution is -2.48. The summed E-state index contributed by atoms with van der Waals surface area (Å²) >= 11 is 0. The van der Waals surface area contributed by atoms with E-state index < -0.39 is 15.6 Å². The first kappa shape index (κ1) is 14.9. The molecule has 1 aromatic carbocycles. The number of rotatable bonds is 5. The number of aliphatic hydroxyl groups excluding tert-OH is 1. The fourth-order valence-corrected chi connectivity index (χ4v) is 3.09. The molecule has 0 radical (unpaired) electrons. The Hall–Kier alpha value is -1.11. The largest absolute Gasteiger partial charge is 0.398 e. The molecule has 0 aliphatic carbocycles. The molecule has 102 valence electrons. The Morgan fingerprint density at radius 2 is 2.06 bits per heavy atom. The quantitative estimate of drug-likeness (QED) is 0.698. The first-order valence-corrected chi connectivity index (χ1v) is 7.23. The second kappa shape index (κ2) is 5.26. The topological polar surface area (TPSA) is 92.4 Å². The van der Waals surface area contributed by atoms with Crippen molar-refractivity contribution in [3.8, 4) is 0 Å². The summed E-state index contributed by atoms with van der Waals surface area (Å²) in [4.78, 5) is 0.0428. The van der Waals surface area contributed by atoms with Gasteiger partial charge in [-0.3, -0.25) is 0 Å². The lowest BCUT2D eigenvalue weighted by atomic mass is 10.0. The summed E-state index contributed by atoms with van der Waals surface area (Å²) in [6.07, 6.45) is 0.481. The number of sulfonamides is 1. The van der Waals surface area contributed by atoms with Gasteiger partial charge in [0.15, 0.2) is 0 Å². The van der Waals surface area contributed by atoms with Crippen molar-refractivity contribution >= 4 is 15.7 Å². The molecule has 0 aliphatic rings. The highest BCUT2D eigenvalue weighted by Crippen LogP contribution is 2.22. The Balaban J connectivity index is 3.15. The van der Waals surface area contributed by atoms with Gasteiger partial charge in [0, 0.05) is 0 Å². The van der Waals surface area contributed by atoms with E-state index in [2.05, 4.69) is 4.72 Å². The van der Waals surface area contributed by atoms with Crippen LogP contribution in [0.2, 0.25) is 0 Å². The van der Waals surface area contributed by atoms with Crippen molar-refractivity contribution in [1.82, 2.24) is 4.72 Å². The number of nitrogens with two attached hydrogens (primary N) is 1. The molecule has 1 atom stereocenters. The van der Waals surface area contributed by atoms with E-state index in [4.69, 9.17) is 5.73 Å². The van der Waals surface area contributed by atoms with Gasteiger partial charge in [-0.25, -0.2) is 13.1 Å². The summed E-state index contributed by atoms with van der Waals surface area (Å²) in [5.74, 6) is 0. The number of nitrogen functional groups attached to an aromatic ring is 1. The van der Waals surface area contributed by atoms with Gasteiger partial charge in [-0.2, -0.15) is 0 Å². The fourth-order valence-electron chi connectivity index (χ4n) is 1.51. The number of aryl methyl sites for hydroxylation is 1. The van der Waals surface area contributed by atoms with E-state index in [1.165, 1.54) is 6.07 Å². The van der Waals surface area contributed by atoms with Gasteiger partial charge in [0.2, 0.25) is 10.0 Å². The molecule has 0 amide bonds. The van der Waals surface area contributed by atoms with E-state index in [9.17, 15) is 13.5 Å². The summed E-state index contributed by atoms with van der Waals surface area (Å²) < 4.78 is 26.9. The highest BCUT2D eigenvalue weighted by atomic mass is 32.2. The number of aliphatic hydroxyl groups is 1. The van der Waals surface area contributed by atoms with Crippen LogP contribution in [-0.2, 0) is 10.0 Å². The minimum absolute atomic E-state index is 0.0428. The van der Waals surface area contributed by atoms with Gasteiger partial charge in [-0.05, 0) is 38.0 Å². The summed E-state index contributed by atoms with van der Waals surface area (Å²) in [7, 11) is -3.72. The van der Waals surface area contributed by atoms with Crippen LogP contribution in [0.25, 0.3) is 0 Å². The van der Waals surface area contributed by atoms with Crippen molar-refractivity contribution in [1.29, 1.82) is 0 Å². The molecule has 0 spiro atoms. The Labute approximate surface area is 108 Å². The highest BCUT2D eigenvalue weighted by molar-refractivity contribution is 7.89. The second-order valence-corrected chi connectivity index (χ2v) is 6.37. The molecular formula is C12H20N2O3S. The zero-order chi connectivity index (χ0) is 14.0. The molecule has 5 nitrogen and oxygen atoms in total. The molecule has 0 bridgehead atoms. The number of hydrogen-bond donors (Lipinski definition) is 3. The van der Waals surface area contributed by atoms with Crippen molar-refractivity contribution in [2.24, 2.45) is 0 Å². The monoisotopic (exact) mass is 272 g/mol. The van der Waals surface area contributed by atoms with Crippen molar-refractivity contribution in [2.45, 2.75) is 37.6 Å². The molecule has 0 heterocycles. The van der Waals surface area contributed by atoms with Crippen molar-refractivity contribution in [2.75, 3.05) is 12.3 Å². The van der Waals surface area contributed by atoms with E-state index >= 15 is 0 Å². The zero-order valence-electron chi connectivity index (χ0n) is 10.9. The van der Waals surface area contributed by atoms with Gasteiger partial charge in [0.25, 0.3) is 0 Å². The lowest BCUT2D eigenvalue weighted by molar-refractivity contribution is 0.191. The van der Waals surface area contributed by atoms with E-state index in [0.29, 0.717) is 6.42 Å². The van der Waals surface area contributed by atoms with E-state index in [-0.39, 0.29) is 17.2 Å². The Morgan fingerprint density at radius 3 is 2.50 bits per heavy atom. The van der Waals surface area contributed by atoms with Crippen LogP contribution in [0.1, 0.15) is 25.8 Å². The molecule has 0 saturated carbocycles. The van der Waals surface area contributed by atoms with Crippen molar-refractivity contribution in [3.63, 3.8) is 0 Å². The third kappa shape index (κ3) is 3.22. The third-order valence-electron chi connectivity index (χ3n) is 2.96. The van der Waals surface area contributed by atoms with Gasteiger partial charge in [-0.15, -0.1) is 0 Å². The van der Waals surface area contributed by atoms with Crippen LogP contribution in [0.3, 0.4) is 0 Å². The standard InChI is InChI=1S/C12H20N2O3S/c1-4-12(3,8-15)14-18(16,17)11-6-5-9(2)7-10(11)13/h5-7,14-15H,4,8,13H2,1-3H3. The molecule has 0 aliphatic heterocycles. The van der Waals surface area contributed by atoms with Crippen molar-refractivity contribution < 1.29 is 13.5 Å². The lowest BCUT2D eigenvalue weighted by Gasteiger charge is -2.27. The summed E-state index contributed by atoms with van der Waals surface area (Å²) in [6.45, 7) is 5.02. The van der Waals surface area contributed by atoms with E-state index in [1.54, 1.807) is 26.0 Å². The Morgan fingerprint density at radius 1 is 1.44 bits per heavy atom. The molecule has 0 fully saturated rings. The maximum atomic E-state index is 12.2. The Kier molecular flexibility index (Phi) is 4.37. The van der Waals surface area contributed by atoms with Crippen LogP contribution in [0, 0.1) is 6.92 Å². The molecule has 4 N–H and O–H groups in total. The van der Waals surface area contributed by atoms with Gasteiger partial charge in [0.1, 0.15) is 4.90 Å². The predicted molar refractivity (Wildman–Crippen MR) is 71.7 cm³/mol. The molecule has 0 saturated heterocycles. The minimum atomic E-state index is -3.72. The zero-order valence-corrected chi connectivity index (χ0v) is 11.7. The summed E-state index contributed by atoms with van der Waals surface area (Å²) in [5, 5.41) is 9.25. The predicted octanol–water partition coefficient (Wildman–Crippen LogP) is 1.02. The summed E-state index contributed by atoms with van der Waals surface area (Å²) in [5.41, 5.74) is 5.95. The van der Waals surface area contributed by atoms with Gasteiger partial charge < -0.3 is 10.8 Å². The number of hydrogen-bond acceptors (Lipinski definition) is 4. The molecular weight excluding hydrogens is 252 g/mol. The average molecular weight is 272 g/mol. The molecule has 0 aromatic heterocycles. The molecule has 1 rings (SSSR count). The van der Waals surface area contributed by atoms with Crippen LogP contribution < -0.4 is 10.5 Å². The SMILES string of the molecule is CCC(C)(CO)NS(=O)(=O)c1ccc(C)cc1N. The maximum absolute atomic E-state index is 12.2. The van der Waals surface area contributed by atoms with E-state index in [1.807, 2.05) is 6.92 Å². The first-order chi connectivity index (χ1) is 8.24. The number of nitrogens with one attached hydrogen (secondary N) is 1.